The first kappa shape index (κ1) is 34.8. The molecule has 0 aliphatic rings. The fourth-order valence-electron chi connectivity index (χ4n) is 8.04. The number of nitrogens with zero attached hydrogens (tertiary/aromatic N) is 4. The van der Waals surface area contributed by atoms with E-state index in [-0.39, 0.29) is 0 Å². The van der Waals surface area contributed by atoms with Gasteiger partial charge in [0.25, 0.3) is 0 Å². The summed E-state index contributed by atoms with van der Waals surface area (Å²) in [7, 11) is 0. The maximum atomic E-state index is 6.47. The van der Waals surface area contributed by atoms with Crippen molar-refractivity contribution in [2.24, 2.45) is 0 Å². The van der Waals surface area contributed by atoms with E-state index in [4.69, 9.17) is 19.4 Å². The van der Waals surface area contributed by atoms with Crippen molar-refractivity contribution in [2.45, 2.75) is 13.8 Å². The Morgan fingerprint density at radius 2 is 0.879 bits per heavy atom. The number of furan rings is 1. The SMILES string of the molecule is CC.c1ccc(-c2ccc(-c3nc(-c4ccccc4)nc(-n4c5ccccc5c5cccc(-c6cccc(-c7cccc8c7oc7ccccc78)c6)c54)n3)cc2)cc1. The van der Waals surface area contributed by atoms with E-state index in [0.717, 1.165) is 88.3 Å². The Labute approximate surface area is 336 Å². The van der Waals surface area contributed by atoms with E-state index >= 15 is 0 Å². The highest BCUT2D eigenvalue weighted by atomic mass is 16.3. The van der Waals surface area contributed by atoms with Crippen LogP contribution in [-0.2, 0) is 0 Å². The van der Waals surface area contributed by atoms with Crippen molar-refractivity contribution >= 4 is 43.7 Å². The van der Waals surface area contributed by atoms with Crippen molar-refractivity contribution in [3.05, 3.63) is 194 Å². The average Bonchev–Trinajstić information content (AvgIpc) is 3.86. The molecule has 8 aromatic carbocycles. The fraction of sp³-hybridized carbons (Fsp3) is 0.0377. The standard InChI is InChI=1S/C51H32N4O.C2H6/c1-3-14-33(15-4-1)34-28-30-36(31-29-34)50-52-49(35-16-5-2-6-17-35)53-51(54-50)55-45-26-9-7-20-41(45)43-24-12-22-39(47(43)55)37-18-11-19-38(32-37)40-23-13-25-44-42-21-8-10-27-46(42)56-48(40)44;1-2/h1-32H;1-2H3. The van der Waals surface area contributed by atoms with Gasteiger partial charge in [-0.3, -0.25) is 4.57 Å². The van der Waals surface area contributed by atoms with E-state index in [1.807, 2.05) is 62.4 Å². The van der Waals surface area contributed by atoms with Crippen LogP contribution in [0.4, 0.5) is 0 Å². The van der Waals surface area contributed by atoms with Gasteiger partial charge in [0.2, 0.25) is 5.95 Å². The van der Waals surface area contributed by atoms with Gasteiger partial charge in [-0.1, -0.05) is 190 Å². The summed E-state index contributed by atoms with van der Waals surface area (Å²) < 4.78 is 8.68. The van der Waals surface area contributed by atoms with Gasteiger partial charge < -0.3 is 4.42 Å². The van der Waals surface area contributed by atoms with Gasteiger partial charge in [-0.05, 0) is 40.5 Å². The molecule has 58 heavy (non-hydrogen) atoms. The molecule has 11 aromatic rings. The Balaban J connectivity index is 0.00000201. The topological polar surface area (TPSA) is 56.7 Å². The smallest absolute Gasteiger partial charge is 0.238 e. The molecule has 0 saturated carbocycles. The highest BCUT2D eigenvalue weighted by molar-refractivity contribution is 6.14. The van der Waals surface area contributed by atoms with Crippen LogP contribution in [0.15, 0.2) is 199 Å². The summed E-state index contributed by atoms with van der Waals surface area (Å²) in [5.74, 6) is 1.78. The molecule has 0 N–H and O–H groups in total. The lowest BCUT2D eigenvalue weighted by molar-refractivity contribution is 0.670. The monoisotopic (exact) mass is 746 g/mol. The first-order valence-electron chi connectivity index (χ1n) is 19.8. The Morgan fingerprint density at radius 3 is 1.62 bits per heavy atom. The Kier molecular flexibility index (Phi) is 8.88. The van der Waals surface area contributed by atoms with Gasteiger partial charge >= 0.3 is 0 Å². The number of benzene rings is 8. The highest BCUT2D eigenvalue weighted by Gasteiger charge is 2.21. The number of aromatic nitrogens is 4. The van der Waals surface area contributed by atoms with Crippen molar-refractivity contribution in [3.8, 4) is 62.1 Å². The van der Waals surface area contributed by atoms with Gasteiger partial charge in [0, 0.05) is 43.8 Å². The number of fused-ring (bicyclic) bond motifs is 6. The lowest BCUT2D eigenvalue weighted by atomic mass is 9.96. The van der Waals surface area contributed by atoms with Gasteiger partial charge in [-0.25, -0.2) is 4.98 Å². The molecule has 0 amide bonds. The fourth-order valence-corrected chi connectivity index (χ4v) is 8.04. The molecule has 0 unspecified atom stereocenters. The second-order valence-electron chi connectivity index (χ2n) is 14.0. The van der Waals surface area contributed by atoms with Crippen LogP contribution >= 0.6 is 0 Å². The van der Waals surface area contributed by atoms with Crippen LogP contribution < -0.4 is 0 Å². The van der Waals surface area contributed by atoms with E-state index in [1.54, 1.807) is 0 Å². The van der Waals surface area contributed by atoms with Crippen molar-refractivity contribution < 1.29 is 4.42 Å². The van der Waals surface area contributed by atoms with Gasteiger partial charge in [-0.15, -0.1) is 0 Å². The molecule has 0 spiro atoms. The number of rotatable bonds is 6. The minimum atomic E-state index is 0.558. The minimum absolute atomic E-state index is 0.558. The van der Waals surface area contributed by atoms with Crippen LogP contribution in [0.2, 0.25) is 0 Å². The third-order valence-corrected chi connectivity index (χ3v) is 10.7. The van der Waals surface area contributed by atoms with E-state index in [2.05, 4.69) is 150 Å². The van der Waals surface area contributed by atoms with Crippen LogP contribution in [0, 0.1) is 0 Å². The van der Waals surface area contributed by atoms with Crippen molar-refractivity contribution in [3.63, 3.8) is 0 Å². The molecular formula is C53H38N4O. The normalized spacial score (nSPS) is 11.3. The van der Waals surface area contributed by atoms with E-state index < -0.39 is 0 Å². The van der Waals surface area contributed by atoms with Gasteiger partial charge in [0.1, 0.15) is 11.2 Å². The van der Waals surface area contributed by atoms with Crippen molar-refractivity contribution in [1.82, 2.24) is 19.5 Å². The molecule has 5 nitrogen and oxygen atoms in total. The average molecular weight is 747 g/mol. The third kappa shape index (κ3) is 6.01. The second kappa shape index (κ2) is 14.8. The Bertz CT molecular complexity index is 3240. The molecule has 0 aliphatic carbocycles. The third-order valence-electron chi connectivity index (χ3n) is 10.7. The van der Waals surface area contributed by atoms with Crippen molar-refractivity contribution in [1.29, 1.82) is 0 Å². The van der Waals surface area contributed by atoms with Gasteiger partial charge in [-0.2, -0.15) is 9.97 Å². The lowest BCUT2D eigenvalue weighted by Gasteiger charge is -2.14. The summed E-state index contributed by atoms with van der Waals surface area (Å²) >= 11 is 0. The largest absolute Gasteiger partial charge is 0.455 e. The molecule has 0 saturated heterocycles. The minimum Gasteiger partial charge on any atom is -0.455 e. The number of hydrogen-bond donors (Lipinski definition) is 0. The van der Waals surface area contributed by atoms with Crippen LogP contribution in [0.5, 0.6) is 0 Å². The van der Waals surface area contributed by atoms with Crippen LogP contribution in [0.1, 0.15) is 13.8 Å². The summed E-state index contributed by atoms with van der Waals surface area (Å²) in [4.78, 5) is 15.5. The zero-order valence-corrected chi connectivity index (χ0v) is 32.2. The second-order valence-corrected chi connectivity index (χ2v) is 14.0. The zero-order chi connectivity index (χ0) is 39.0. The number of hydrogen-bond acceptors (Lipinski definition) is 4. The molecule has 0 atom stereocenters. The molecule has 276 valence electrons. The molecule has 0 bridgehead atoms. The predicted molar refractivity (Wildman–Crippen MR) is 240 cm³/mol. The van der Waals surface area contributed by atoms with Crippen LogP contribution in [-0.4, -0.2) is 19.5 Å². The molecule has 5 heteroatoms. The first-order valence-corrected chi connectivity index (χ1v) is 19.8. The summed E-state index contributed by atoms with van der Waals surface area (Å²) in [6, 6.07) is 67.4. The summed E-state index contributed by atoms with van der Waals surface area (Å²) in [5, 5.41) is 4.48. The maximum Gasteiger partial charge on any atom is 0.238 e. The molecule has 0 fully saturated rings. The van der Waals surface area contributed by atoms with Crippen LogP contribution in [0.3, 0.4) is 0 Å². The Morgan fingerprint density at radius 1 is 0.379 bits per heavy atom. The van der Waals surface area contributed by atoms with Gasteiger partial charge in [0.05, 0.1) is 11.0 Å². The highest BCUT2D eigenvalue weighted by Crippen LogP contribution is 2.41. The lowest BCUT2D eigenvalue weighted by Crippen LogP contribution is -2.07. The predicted octanol–water partition coefficient (Wildman–Crippen LogP) is 14.2. The summed E-state index contributed by atoms with van der Waals surface area (Å²) in [6.45, 7) is 4.00. The maximum absolute atomic E-state index is 6.47. The van der Waals surface area contributed by atoms with Gasteiger partial charge in [0.15, 0.2) is 11.6 Å². The first-order chi connectivity index (χ1) is 28.8. The van der Waals surface area contributed by atoms with E-state index in [1.165, 1.54) is 0 Å². The zero-order valence-electron chi connectivity index (χ0n) is 32.2. The van der Waals surface area contributed by atoms with Crippen LogP contribution in [0.25, 0.3) is 106 Å². The number of para-hydroxylation sites is 4. The molecule has 0 radical (unpaired) electrons. The molecule has 3 aromatic heterocycles. The summed E-state index contributed by atoms with van der Waals surface area (Å²) in [6.07, 6.45) is 0. The quantitative estimate of drug-likeness (QED) is 0.170. The van der Waals surface area contributed by atoms with E-state index in [0.29, 0.717) is 17.6 Å². The Hall–Kier alpha value is -7.63. The molecule has 3 heterocycles. The summed E-state index contributed by atoms with van der Waals surface area (Å²) in [5.41, 5.74) is 12.3. The van der Waals surface area contributed by atoms with E-state index in [9.17, 15) is 0 Å². The molecule has 0 aliphatic heterocycles. The molecule has 11 rings (SSSR count). The van der Waals surface area contributed by atoms with Crippen molar-refractivity contribution in [2.75, 3.05) is 0 Å². The molecular weight excluding hydrogens is 709 g/mol.